The summed E-state index contributed by atoms with van der Waals surface area (Å²) in [5.74, 6) is 1.23. The van der Waals surface area contributed by atoms with Crippen LogP contribution in [-0.2, 0) is 18.4 Å². The van der Waals surface area contributed by atoms with Crippen LogP contribution in [0.2, 0.25) is 0 Å². The number of benzene rings is 1. The van der Waals surface area contributed by atoms with Gasteiger partial charge in [0.15, 0.2) is 10.6 Å². The molecule has 1 aromatic heterocycles. The molecule has 0 aliphatic carbocycles. The normalized spacial score (nSPS) is 13.8. The smallest absolute Gasteiger partial charge is 0.319 e. The molecule has 3 N–H and O–H groups in total. The fourth-order valence-electron chi connectivity index (χ4n) is 2.75. The summed E-state index contributed by atoms with van der Waals surface area (Å²) in [6, 6.07) is 4.82. The molecule has 0 radical (unpaired) electrons. The molecule has 1 aliphatic rings. The van der Waals surface area contributed by atoms with Crippen molar-refractivity contribution in [2.75, 3.05) is 23.9 Å². The van der Waals surface area contributed by atoms with Crippen molar-refractivity contribution in [2.45, 2.75) is 19.4 Å². The minimum absolute atomic E-state index is 0.0785. The molecular weight excluding hydrogens is 356 g/mol. The third-order valence-corrected chi connectivity index (χ3v) is 4.55. The predicted octanol–water partition coefficient (Wildman–Crippen LogP) is 1.93. The number of carbonyl (C=O) groups is 2. The van der Waals surface area contributed by atoms with E-state index in [1.54, 1.807) is 34.7 Å². The summed E-state index contributed by atoms with van der Waals surface area (Å²) in [4.78, 5) is 25.7. The highest BCUT2D eigenvalue weighted by atomic mass is 32.1. The van der Waals surface area contributed by atoms with E-state index in [1.165, 1.54) is 7.11 Å². The Bertz CT molecular complexity index is 890. The van der Waals surface area contributed by atoms with Gasteiger partial charge in [0, 0.05) is 31.8 Å². The molecule has 3 amide bonds. The molecule has 0 bridgehead atoms. The van der Waals surface area contributed by atoms with Crippen molar-refractivity contribution in [3.05, 3.63) is 28.8 Å². The molecule has 2 heterocycles. The second-order valence-corrected chi connectivity index (χ2v) is 6.23. The van der Waals surface area contributed by atoms with Crippen LogP contribution in [0.15, 0.2) is 18.2 Å². The van der Waals surface area contributed by atoms with Gasteiger partial charge in [-0.2, -0.15) is 5.10 Å². The van der Waals surface area contributed by atoms with Gasteiger partial charge >= 0.3 is 6.03 Å². The summed E-state index contributed by atoms with van der Waals surface area (Å²) in [6.07, 6.45) is 1.38. The van der Waals surface area contributed by atoms with Gasteiger partial charge in [-0.25, -0.2) is 4.79 Å². The molecular formula is C16H20N6O3S. The quantitative estimate of drug-likeness (QED) is 0.692. The maximum absolute atomic E-state index is 12.1. The molecule has 2 aromatic rings. The van der Waals surface area contributed by atoms with Crippen LogP contribution in [0.3, 0.4) is 0 Å². The van der Waals surface area contributed by atoms with Crippen molar-refractivity contribution in [2.24, 2.45) is 7.05 Å². The van der Waals surface area contributed by atoms with Gasteiger partial charge in [-0.15, -0.1) is 0 Å². The first kappa shape index (κ1) is 17.9. The van der Waals surface area contributed by atoms with Crippen LogP contribution in [0.1, 0.15) is 18.7 Å². The number of hydrogen-bond acceptors (Lipinski definition) is 5. The Balaban J connectivity index is 1.65. The number of anilines is 2. The molecule has 1 aromatic carbocycles. The topological polar surface area (TPSA) is 104 Å². The molecule has 1 fully saturated rings. The summed E-state index contributed by atoms with van der Waals surface area (Å²) in [7, 11) is 3.30. The summed E-state index contributed by atoms with van der Waals surface area (Å²) in [5.41, 5.74) is 1.27. The number of rotatable bonds is 5. The van der Waals surface area contributed by atoms with E-state index in [4.69, 9.17) is 17.0 Å². The van der Waals surface area contributed by atoms with Gasteiger partial charge in [0.25, 0.3) is 0 Å². The van der Waals surface area contributed by atoms with E-state index in [-0.39, 0.29) is 18.5 Å². The van der Waals surface area contributed by atoms with Crippen LogP contribution >= 0.6 is 12.2 Å². The first-order valence-electron chi connectivity index (χ1n) is 8.13. The molecule has 0 unspecified atom stereocenters. The number of nitrogens with one attached hydrogen (secondary N) is 3. The molecule has 26 heavy (non-hydrogen) atoms. The number of aromatic nitrogens is 3. The van der Waals surface area contributed by atoms with Gasteiger partial charge < -0.3 is 24.8 Å². The average Bonchev–Trinajstić information content (AvgIpc) is 3.19. The minimum Gasteiger partial charge on any atom is -0.494 e. The van der Waals surface area contributed by atoms with Crippen LogP contribution in [0.5, 0.6) is 5.75 Å². The zero-order chi connectivity index (χ0) is 18.7. The highest BCUT2D eigenvalue weighted by Gasteiger charge is 2.24. The van der Waals surface area contributed by atoms with Gasteiger partial charge in [-0.05, 0) is 30.8 Å². The first-order valence-corrected chi connectivity index (χ1v) is 8.54. The summed E-state index contributed by atoms with van der Waals surface area (Å²) in [6.45, 7) is 0.904. The molecule has 0 spiro atoms. The van der Waals surface area contributed by atoms with Crippen molar-refractivity contribution >= 4 is 35.5 Å². The molecule has 9 nitrogen and oxygen atoms in total. The van der Waals surface area contributed by atoms with Crippen LogP contribution in [0, 0.1) is 4.77 Å². The Morgan fingerprint density at radius 3 is 2.88 bits per heavy atom. The number of aromatic amines is 1. The Labute approximate surface area is 155 Å². The third kappa shape index (κ3) is 3.69. The van der Waals surface area contributed by atoms with Crippen LogP contribution in [0.4, 0.5) is 16.2 Å². The Morgan fingerprint density at radius 1 is 1.46 bits per heavy atom. The van der Waals surface area contributed by atoms with Crippen LogP contribution in [-0.4, -0.2) is 40.4 Å². The number of hydrogen-bond donors (Lipinski definition) is 3. The highest BCUT2D eigenvalue weighted by molar-refractivity contribution is 7.71. The molecule has 138 valence electrons. The lowest BCUT2D eigenvalue weighted by molar-refractivity contribution is -0.117. The van der Waals surface area contributed by atoms with E-state index in [1.807, 2.05) is 0 Å². The lowest BCUT2D eigenvalue weighted by atomic mass is 10.2. The number of carbonyl (C=O) groups excluding carboxylic acids is 2. The minimum atomic E-state index is -0.383. The van der Waals surface area contributed by atoms with Crippen LogP contribution < -0.4 is 20.3 Å². The molecule has 3 rings (SSSR count). The maximum atomic E-state index is 12.1. The lowest BCUT2D eigenvalue weighted by Gasteiger charge is -2.19. The van der Waals surface area contributed by atoms with Crippen molar-refractivity contribution < 1.29 is 14.3 Å². The maximum Gasteiger partial charge on any atom is 0.319 e. The number of amides is 3. The number of methoxy groups -OCH3 is 1. The predicted molar refractivity (Wildman–Crippen MR) is 98.8 cm³/mol. The first-order chi connectivity index (χ1) is 12.5. The largest absolute Gasteiger partial charge is 0.494 e. The number of ether oxygens (including phenoxy) is 1. The van der Waals surface area contributed by atoms with Crippen molar-refractivity contribution in [1.29, 1.82) is 0 Å². The van der Waals surface area contributed by atoms with E-state index >= 15 is 0 Å². The zero-order valence-corrected chi connectivity index (χ0v) is 15.4. The summed E-state index contributed by atoms with van der Waals surface area (Å²) < 4.78 is 7.55. The van der Waals surface area contributed by atoms with E-state index in [2.05, 4.69) is 20.8 Å². The molecule has 0 saturated carbocycles. The second kappa shape index (κ2) is 7.56. The van der Waals surface area contributed by atoms with E-state index in [0.29, 0.717) is 40.7 Å². The van der Waals surface area contributed by atoms with Gasteiger partial charge in [-0.1, -0.05) is 0 Å². The monoisotopic (exact) mass is 376 g/mol. The second-order valence-electron chi connectivity index (χ2n) is 5.85. The van der Waals surface area contributed by atoms with Gasteiger partial charge in [0.05, 0.1) is 19.3 Å². The fraction of sp³-hybridized carbons (Fsp3) is 0.375. The SMILES string of the molecule is COc1cc(NC(=O)NCc2n[nH]c(=S)n2C)ccc1N1CCCC1=O. The number of H-pyrrole nitrogens is 1. The van der Waals surface area contributed by atoms with E-state index < -0.39 is 0 Å². The Morgan fingerprint density at radius 2 is 2.27 bits per heavy atom. The van der Waals surface area contributed by atoms with Crippen molar-refractivity contribution in [3.63, 3.8) is 0 Å². The molecule has 1 aliphatic heterocycles. The van der Waals surface area contributed by atoms with Crippen molar-refractivity contribution in [1.82, 2.24) is 20.1 Å². The third-order valence-electron chi connectivity index (χ3n) is 4.18. The Kier molecular flexibility index (Phi) is 5.21. The van der Waals surface area contributed by atoms with Gasteiger partial charge in [0.1, 0.15) is 5.75 Å². The molecule has 10 heteroatoms. The fourth-order valence-corrected chi connectivity index (χ4v) is 2.90. The standard InChI is InChI=1S/C16H20N6O3S/c1-21-13(19-20-16(21)26)9-17-15(24)18-10-5-6-11(12(8-10)25-2)22-7-3-4-14(22)23/h5-6,8H,3-4,7,9H2,1-2H3,(H,20,26)(H2,17,18,24). The number of urea groups is 1. The zero-order valence-electron chi connectivity index (χ0n) is 14.5. The van der Waals surface area contributed by atoms with E-state index in [0.717, 1.165) is 6.42 Å². The Hall–Kier alpha value is -2.88. The lowest BCUT2D eigenvalue weighted by Crippen LogP contribution is -2.29. The van der Waals surface area contributed by atoms with Crippen molar-refractivity contribution in [3.8, 4) is 5.75 Å². The van der Waals surface area contributed by atoms with Crippen LogP contribution in [0.25, 0.3) is 0 Å². The van der Waals surface area contributed by atoms with Gasteiger partial charge in [-0.3, -0.25) is 9.89 Å². The summed E-state index contributed by atoms with van der Waals surface area (Å²) in [5, 5.41) is 12.1. The molecule has 1 saturated heterocycles. The highest BCUT2D eigenvalue weighted by Crippen LogP contribution is 2.33. The summed E-state index contributed by atoms with van der Waals surface area (Å²) >= 11 is 5.03. The average molecular weight is 376 g/mol. The molecule has 0 atom stereocenters. The number of nitrogens with zero attached hydrogens (tertiary/aromatic N) is 3. The van der Waals surface area contributed by atoms with E-state index in [9.17, 15) is 9.59 Å². The van der Waals surface area contributed by atoms with Gasteiger partial charge in [0.2, 0.25) is 5.91 Å².